The van der Waals surface area contributed by atoms with Gasteiger partial charge in [-0.3, -0.25) is 4.79 Å². The van der Waals surface area contributed by atoms with Crippen LogP contribution in [-0.2, 0) is 4.79 Å². The van der Waals surface area contributed by atoms with E-state index in [-0.39, 0.29) is 18.3 Å². The van der Waals surface area contributed by atoms with Crippen LogP contribution in [0.25, 0.3) is 0 Å². The number of benzene rings is 1. The third-order valence-electron chi connectivity index (χ3n) is 2.72. The summed E-state index contributed by atoms with van der Waals surface area (Å²) in [5, 5.41) is 2.73. The summed E-state index contributed by atoms with van der Waals surface area (Å²) in [6, 6.07) is 6.87. The maximum absolute atomic E-state index is 11.4. The number of amides is 1. The number of hydrogen-bond acceptors (Lipinski definition) is 3. The topological polar surface area (TPSA) is 64.4 Å². The zero-order valence-electron chi connectivity index (χ0n) is 10.4. The lowest BCUT2D eigenvalue weighted by molar-refractivity contribution is -0.117. The lowest BCUT2D eigenvalue weighted by Crippen LogP contribution is -2.32. The van der Waals surface area contributed by atoms with Gasteiger partial charge in [-0.25, -0.2) is 0 Å². The Morgan fingerprint density at radius 3 is 2.56 bits per heavy atom. The van der Waals surface area contributed by atoms with Crippen molar-refractivity contribution < 1.29 is 9.53 Å². The van der Waals surface area contributed by atoms with Gasteiger partial charge in [0.05, 0.1) is 12.6 Å². The van der Waals surface area contributed by atoms with Crippen LogP contribution >= 0.6 is 12.4 Å². The number of carbonyl (C=O) groups excluding carboxylic acids is 1. The van der Waals surface area contributed by atoms with E-state index in [1.165, 1.54) is 12.8 Å². The maximum Gasteiger partial charge on any atom is 0.240 e. The van der Waals surface area contributed by atoms with Crippen molar-refractivity contribution in [3.05, 3.63) is 24.3 Å². The van der Waals surface area contributed by atoms with Crippen LogP contribution < -0.4 is 15.8 Å². The normalized spacial score (nSPS) is 15.4. The Labute approximate surface area is 113 Å². The molecule has 0 radical (unpaired) electrons. The van der Waals surface area contributed by atoms with Crippen molar-refractivity contribution in [1.82, 2.24) is 0 Å². The average Bonchev–Trinajstić information content (AvgIpc) is 3.12. The van der Waals surface area contributed by atoms with Gasteiger partial charge in [0.1, 0.15) is 5.75 Å². The quantitative estimate of drug-likeness (QED) is 0.862. The fraction of sp³-hybridized carbons (Fsp3) is 0.462. The first kappa shape index (κ1) is 14.8. The summed E-state index contributed by atoms with van der Waals surface area (Å²) in [4.78, 5) is 11.4. The molecule has 1 aromatic rings. The zero-order valence-corrected chi connectivity index (χ0v) is 11.2. The molecule has 4 nitrogen and oxygen atoms in total. The summed E-state index contributed by atoms with van der Waals surface area (Å²) in [5.74, 6) is 1.40. The van der Waals surface area contributed by atoms with Gasteiger partial charge in [-0.05, 0) is 49.9 Å². The smallest absolute Gasteiger partial charge is 0.240 e. The molecule has 1 aliphatic rings. The highest BCUT2D eigenvalue weighted by atomic mass is 35.5. The highest BCUT2D eigenvalue weighted by Crippen LogP contribution is 2.29. The highest BCUT2D eigenvalue weighted by Gasteiger charge is 2.21. The Morgan fingerprint density at radius 1 is 1.44 bits per heavy atom. The van der Waals surface area contributed by atoms with E-state index >= 15 is 0 Å². The highest BCUT2D eigenvalue weighted by molar-refractivity contribution is 5.94. The molecule has 0 spiro atoms. The molecule has 5 heteroatoms. The van der Waals surface area contributed by atoms with E-state index in [0.717, 1.165) is 24.0 Å². The predicted molar refractivity (Wildman–Crippen MR) is 74.2 cm³/mol. The number of halogens is 1. The minimum atomic E-state index is -0.499. The molecule has 0 unspecified atom stereocenters. The van der Waals surface area contributed by atoms with Crippen LogP contribution in [0.3, 0.4) is 0 Å². The first-order valence-electron chi connectivity index (χ1n) is 5.94. The van der Waals surface area contributed by atoms with E-state index in [2.05, 4.69) is 5.32 Å². The number of carbonyl (C=O) groups is 1. The van der Waals surface area contributed by atoms with Crippen LogP contribution in [0.4, 0.5) is 5.69 Å². The number of nitrogens with one attached hydrogen (secondary N) is 1. The molecule has 1 saturated carbocycles. The van der Waals surface area contributed by atoms with Gasteiger partial charge in [0.15, 0.2) is 0 Å². The van der Waals surface area contributed by atoms with Crippen molar-refractivity contribution in [3.8, 4) is 5.75 Å². The predicted octanol–water partition coefficient (Wildman–Crippen LogP) is 2.18. The van der Waals surface area contributed by atoms with E-state index in [1.54, 1.807) is 6.92 Å². The number of hydrogen-bond donors (Lipinski definition) is 2. The van der Waals surface area contributed by atoms with Crippen LogP contribution in [0, 0.1) is 5.92 Å². The van der Waals surface area contributed by atoms with Gasteiger partial charge in [-0.1, -0.05) is 0 Å². The standard InChI is InChI=1S/C13H18N2O2.ClH/c1-9(14)13(16)15-11-4-6-12(7-5-11)17-8-10-2-3-10;/h4-7,9-10H,2-3,8,14H2,1H3,(H,15,16);1H/t9-;/m0./s1. The Bertz CT molecular complexity index is 388. The van der Waals surface area contributed by atoms with Crippen LogP contribution in [0.2, 0.25) is 0 Å². The summed E-state index contributed by atoms with van der Waals surface area (Å²) in [6.45, 7) is 2.45. The van der Waals surface area contributed by atoms with Crippen molar-refractivity contribution in [3.63, 3.8) is 0 Å². The first-order chi connectivity index (χ1) is 8.15. The van der Waals surface area contributed by atoms with Crippen molar-refractivity contribution in [1.29, 1.82) is 0 Å². The molecule has 0 saturated heterocycles. The minimum Gasteiger partial charge on any atom is -0.493 e. The molecular weight excluding hydrogens is 252 g/mol. The average molecular weight is 271 g/mol. The molecule has 1 aliphatic carbocycles. The molecule has 1 amide bonds. The summed E-state index contributed by atoms with van der Waals surface area (Å²) in [5.41, 5.74) is 6.21. The van der Waals surface area contributed by atoms with E-state index in [9.17, 15) is 4.79 Å². The van der Waals surface area contributed by atoms with Gasteiger partial charge < -0.3 is 15.8 Å². The fourth-order valence-electron chi connectivity index (χ4n) is 1.39. The molecule has 3 N–H and O–H groups in total. The molecule has 0 heterocycles. The first-order valence-corrected chi connectivity index (χ1v) is 5.94. The van der Waals surface area contributed by atoms with Crippen molar-refractivity contribution in [2.45, 2.75) is 25.8 Å². The molecule has 1 fully saturated rings. The molecular formula is C13H19ClN2O2. The number of nitrogens with two attached hydrogens (primary N) is 1. The van der Waals surface area contributed by atoms with Gasteiger partial charge in [-0.15, -0.1) is 12.4 Å². The van der Waals surface area contributed by atoms with Crippen molar-refractivity contribution in [2.24, 2.45) is 11.7 Å². The van der Waals surface area contributed by atoms with Gasteiger partial charge >= 0.3 is 0 Å². The largest absolute Gasteiger partial charge is 0.493 e. The Balaban J connectivity index is 0.00000162. The second kappa shape index (κ2) is 6.61. The molecule has 2 rings (SSSR count). The lowest BCUT2D eigenvalue weighted by atomic mass is 10.2. The molecule has 1 atom stereocenters. The zero-order chi connectivity index (χ0) is 12.3. The molecule has 0 bridgehead atoms. The summed E-state index contributed by atoms with van der Waals surface area (Å²) in [7, 11) is 0. The van der Waals surface area contributed by atoms with Gasteiger partial charge in [0.25, 0.3) is 0 Å². The third kappa shape index (κ3) is 4.55. The third-order valence-corrected chi connectivity index (χ3v) is 2.72. The van der Waals surface area contributed by atoms with Crippen molar-refractivity contribution in [2.75, 3.05) is 11.9 Å². The van der Waals surface area contributed by atoms with E-state index < -0.39 is 6.04 Å². The van der Waals surface area contributed by atoms with Crippen LogP contribution in [0.5, 0.6) is 5.75 Å². The SMILES string of the molecule is C[C@H](N)C(=O)Nc1ccc(OCC2CC2)cc1.Cl. The number of rotatable bonds is 5. The van der Waals surface area contributed by atoms with Crippen molar-refractivity contribution >= 4 is 24.0 Å². The second-order valence-electron chi connectivity index (χ2n) is 4.56. The molecule has 0 aromatic heterocycles. The minimum absolute atomic E-state index is 0. The van der Waals surface area contributed by atoms with E-state index in [1.807, 2.05) is 24.3 Å². The summed E-state index contributed by atoms with van der Waals surface area (Å²) in [6.07, 6.45) is 2.56. The Morgan fingerprint density at radius 2 is 2.06 bits per heavy atom. The van der Waals surface area contributed by atoms with E-state index in [4.69, 9.17) is 10.5 Å². The van der Waals surface area contributed by atoms with Crippen LogP contribution in [0.15, 0.2) is 24.3 Å². The van der Waals surface area contributed by atoms with Crippen LogP contribution in [0.1, 0.15) is 19.8 Å². The maximum atomic E-state index is 11.4. The molecule has 0 aliphatic heterocycles. The fourth-order valence-corrected chi connectivity index (χ4v) is 1.39. The Hall–Kier alpha value is -1.26. The summed E-state index contributed by atoms with van der Waals surface area (Å²) >= 11 is 0. The van der Waals surface area contributed by atoms with E-state index in [0.29, 0.717) is 0 Å². The van der Waals surface area contributed by atoms with Gasteiger partial charge in [0.2, 0.25) is 5.91 Å². The molecule has 100 valence electrons. The monoisotopic (exact) mass is 270 g/mol. The van der Waals surface area contributed by atoms with Gasteiger partial charge in [-0.2, -0.15) is 0 Å². The second-order valence-corrected chi connectivity index (χ2v) is 4.56. The molecule has 18 heavy (non-hydrogen) atoms. The lowest BCUT2D eigenvalue weighted by Gasteiger charge is -2.09. The van der Waals surface area contributed by atoms with Crippen LogP contribution in [-0.4, -0.2) is 18.6 Å². The number of anilines is 1. The Kier molecular flexibility index (Phi) is 5.44. The molecule has 1 aromatic carbocycles. The summed E-state index contributed by atoms with van der Waals surface area (Å²) < 4.78 is 5.60. The van der Waals surface area contributed by atoms with Gasteiger partial charge in [0, 0.05) is 5.69 Å². The number of ether oxygens (including phenoxy) is 1.